The first-order valence-corrected chi connectivity index (χ1v) is 3.13. The van der Waals surface area contributed by atoms with Crippen LogP contribution in [-0.2, 0) is 0 Å². The van der Waals surface area contributed by atoms with E-state index in [2.05, 4.69) is 11.8 Å². The summed E-state index contributed by atoms with van der Waals surface area (Å²) >= 11 is 0. The maximum atomic E-state index is 8.29. The number of hydrogen-bond donors (Lipinski definition) is 1. The van der Waals surface area contributed by atoms with Crippen molar-refractivity contribution in [1.29, 1.82) is 0 Å². The fraction of sp³-hybridized carbons (Fsp3) is 0.500. The van der Waals surface area contributed by atoms with Crippen molar-refractivity contribution >= 4 is 0 Å². The van der Waals surface area contributed by atoms with Gasteiger partial charge in [0.25, 0.3) is 0 Å². The molecule has 50 valence electrons. The lowest BCUT2D eigenvalue weighted by atomic mass is 10.3. The zero-order valence-corrected chi connectivity index (χ0v) is 5.72. The Hall–Kier alpha value is -0.740. The molecule has 1 nitrogen and oxygen atoms in total. The molecular weight excluding hydrogens is 112 g/mol. The van der Waals surface area contributed by atoms with Crippen molar-refractivity contribution in [3.63, 3.8) is 0 Å². The lowest BCUT2D eigenvalue weighted by Gasteiger charge is -1.75. The van der Waals surface area contributed by atoms with Crippen LogP contribution in [0, 0.1) is 11.8 Å². The van der Waals surface area contributed by atoms with Crippen LogP contribution in [0.2, 0.25) is 0 Å². The second-order valence-corrected chi connectivity index (χ2v) is 1.57. The second-order valence-electron chi connectivity index (χ2n) is 1.57. The van der Waals surface area contributed by atoms with E-state index < -0.39 is 0 Å². The third-order valence-electron chi connectivity index (χ3n) is 0.794. The van der Waals surface area contributed by atoms with E-state index in [1.165, 1.54) is 0 Å². The van der Waals surface area contributed by atoms with Gasteiger partial charge in [-0.1, -0.05) is 25.0 Å². The van der Waals surface area contributed by atoms with Crippen LogP contribution in [0.3, 0.4) is 0 Å². The van der Waals surface area contributed by atoms with Crippen LogP contribution in [0.15, 0.2) is 12.2 Å². The SMILES string of the molecule is CCC#CC/C=C\CO. The minimum Gasteiger partial charge on any atom is -0.392 e. The van der Waals surface area contributed by atoms with E-state index in [0.717, 1.165) is 12.8 Å². The summed E-state index contributed by atoms with van der Waals surface area (Å²) < 4.78 is 0. The average molecular weight is 124 g/mol. The molecule has 0 aromatic rings. The second kappa shape index (κ2) is 7.26. The summed E-state index contributed by atoms with van der Waals surface area (Å²) in [6.07, 6.45) is 5.23. The van der Waals surface area contributed by atoms with Crippen molar-refractivity contribution in [2.24, 2.45) is 0 Å². The molecule has 0 aliphatic rings. The summed E-state index contributed by atoms with van der Waals surface area (Å²) in [6, 6.07) is 0. The average Bonchev–Trinajstić information content (AvgIpc) is 1.89. The Bertz CT molecular complexity index is 125. The minimum absolute atomic E-state index is 0.119. The number of allylic oxidation sites excluding steroid dienone is 1. The molecule has 9 heavy (non-hydrogen) atoms. The highest BCUT2D eigenvalue weighted by atomic mass is 16.2. The lowest BCUT2D eigenvalue weighted by Crippen LogP contribution is -1.69. The Morgan fingerprint density at radius 3 is 2.67 bits per heavy atom. The Labute approximate surface area is 56.4 Å². The van der Waals surface area contributed by atoms with E-state index in [1.54, 1.807) is 6.08 Å². The highest BCUT2D eigenvalue weighted by Gasteiger charge is 1.66. The number of aliphatic hydroxyl groups excluding tert-OH is 1. The molecule has 1 N–H and O–H groups in total. The third kappa shape index (κ3) is 7.26. The molecule has 0 aliphatic heterocycles. The van der Waals surface area contributed by atoms with Gasteiger partial charge in [0.05, 0.1) is 6.61 Å². The van der Waals surface area contributed by atoms with Gasteiger partial charge >= 0.3 is 0 Å². The van der Waals surface area contributed by atoms with Crippen LogP contribution in [0.4, 0.5) is 0 Å². The number of hydrogen-bond acceptors (Lipinski definition) is 1. The Balaban J connectivity index is 3.18. The highest BCUT2D eigenvalue weighted by molar-refractivity contribution is 5.03. The topological polar surface area (TPSA) is 20.2 Å². The summed E-state index contributed by atoms with van der Waals surface area (Å²) in [4.78, 5) is 0. The van der Waals surface area contributed by atoms with Gasteiger partial charge in [-0.05, 0) is 0 Å². The van der Waals surface area contributed by atoms with E-state index in [0.29, 0.717) is 0 Å². The van der Waals surface area contributed by atoms with Crippen LogP contribution in [-0.4, -0.2) is 11.7 Å². The Morgan fingerprint density at radius 2 is 2.11 bits per heavy atom. The molecule has 0 spiro atoms. The normalized spacial score (nSPS) is 9.11. The van der Waals surface area contributed by atoms with E-state index >= 15 is 0 Å². The van der Waals surface area contributed by atoms with Crippen molar-refractivity contribution in [2.75, 3.05) is 6.61 Å². The fourth-order valence-corrected chi connectivity index (χ4v) is 0.414. The van der Waals surface area contributed by atoms with Gasteiger partial charge in [0.15, 0.2) is 0 Å². The van der Waals surface area contributed by atoms with Crippen LogP contribution < -0.4 is 0 Å². The zero-order chi connectivity index (χ0) is 6.95. The number of aliphatic hydroxyl groups is 1. The lowest BCUT2D eigenvalue weighted by molar-refractivity contribution is 0.342. The monoisotopic (exact) mass is 124 g/mol. The molecule has 0 aromatic heterocycles. The first-order chi connectivity index (χ1) is 4.41. The smallest absolute Gasteiger partial charge is 0.0612 e. The predicted octanol–water partition coefficient (Wildman–Crippen LogP) is 1.34. The molecule has 0 unspecified atom stereocenters. The van der Waals surface area contributed by atoms with Gasteiger partial charge < -0.3 is 5.11 Å². The Kier molecular flexibility index (Phi) is 6.66. The molecule has 0 rings (SSSR count). The van der Waals surface area contributed by atoms with Gasteiger partial charge in [-0.25, -0.2) is 0 Å². The molecule has 0 amide bonds. The van der Waals surface area contributed by atoms with Crippen molar-refractivity contribution in [3.8, 4) is 11.8 Å². The molecule has 0 aromatic carbocycles. The first kappa shape index (κ1) is 8.26. The molecule has 1 heteroatoms. The molecule has 0 saturated carbocycles. The van der Waals surface area contributed by atoms with Gasteiger partial charge in [-0.3, -0.25) is 0 Å². The molecule has 0 bridgehead atoms. The standard InChI is InChI=1S/C8H12O/c1-2-3-4-5-6-7-8-9/h6-7,9H,2,5,8H2,1H3/b7-6-. The molecule has 0 saturated heterocycles. The van der Waals surface area contributed by atoms with Crippen LogP contribution in [0.5, 0.6) is 0 Å². The molecule has 0 atom stereocenters. The van der Waals surface area contributed by atoms with Crippen LogP contribution in [0.25, 0.3) is 0 Å². The molecule has 0 fully saturated rings. The summed E-state index contributed by atoms with van der Waals surface area (Å²) in [7, 11) is 0. The van der Waals surface area contributed by atoms with Crippen molar-refractivity contribution in [3.05, 3.63) is 12.2 Å². The van der Waals surface area contributed by atoms with Crippen molar-refractivity contribution < 1.29 is 5.11 Å². The maximum absolute atomic E-state index is 8.29. The maximum Gasteiger partial charge on any atom is 0.0612 e. The Morgan fingerprint density at radius 1 is 1.33 bits per heavy atom. The minimum atomic E-state index is 0.119. The number of rotatable bonds is 2. The van der Waals surface area contributed by atoms with Crippen LogP contribution >= 0.6 is 0 Å². The molecule has 0 aliphatic carbocycles. The predicted molar refractivity (Wildman–Crippen MR) is 38.9 cm³/mol. The van der Waals surface area contributed by atoms with Gasteiger partial charge in [0.1, 0.15) is 0 Å². The van der Waals surface area contributed by atoms with E-state index in [4.69, 9.17) is 5.11 Å². The van der Waals surface area contributed by atoms with E-state index in [9.17, 15) is 0 Å². The first-order valence-electron chi connectivity index (χ1n) is 3.13. The van der Waals surface area contributed by atoms with Crippen molar-refractivity contribution in [1.82, 2.24) is 0 Å². The van der Waals surface area contributed by atoms with Gasteiger partial charge in [0.2, 0.25) is 0 Å². The van der Waals surface area contributed by atoms with E-state index in [1.807, 2.05) is 13.0 Å². The van der Waals surface area contributed by atoms with Crippen LogP contribution in [0.1, 0.15) is 19.8 Å². The van der Waals surface area contributed by atoms with Crippen molar-refractivity contribution in [2.45, 2.75) is 19.8 Å². The molecule has 0 heterocycles. The summed E-state index contributed by atoms with van der Waals surface area (Å²) in [5, 5.41) is 8.29. The summed E-state index contributed by atoms with van der Waals surface area (Å²) in [6.45, 7) is 2.14. The van der Waals surface area contributed by atoms with E-state index in [-0.39, 0.29) is 6.61 Å². The largest absolute Gasteiger partial charge is 0.392 e. The fourth-order valence-electron chi connectivity index (χ4n) is 0.414. The zero-order valence-electron chi connectivity index (χ0n) is 5.72. The van der Waals surface area contributed by atoms with Gasteiger partial charge in [-0.2, -0.15) is 0 Å². The van der Waals surface area contributed by atoms with Gasteiger partial charge in [0, 0.05) is 12.8 Å². The molecule has 0 radical (unpaired) electrons. The van der Waals surface area contributed by atoms with Gasteiger partial charge in [-0.15, -0.1) is 5.92 Å². The summed E-state index contributed by atoms with van der Waals surface area (Å²) in [5.74, 6) is 5.85. The highest BCUT2D eigenvalue weighted by Crippen LogP contribution is 1.79. The quantitative estimate of drug-likeness (QED) is 0.435. The molecular formula is C8H12O. The summed E-state index contributed by atoms with van der Waals surface area (Å²) in [5.41, 5.74) is 0. The third-order valence-corrected chi connectivity index (χ3v) is 0.794.